The van der Waals surface area contributed by atoms with Crippen molar-refractivity contribution in [3.63, 3.8) is 0 Å². The van der Waals surface area contributed by atoms with Crippen molar-refractivity contribution in [2.24, 2.45) is 0 Å². The molecule has 0 N–H and O–H groups in total. The Balaban J connectivity index is 1.43. The van der Waals surface area contributed by atoms with Gasteiger partial charge in [0, 0.05) is 23.6 Å². The fourth-order valence-corrected chi connectivity index (χ4v) is 8.38. The molecule has 0 saturated heterocycles. The third kappa shape index (κ3) is 3.29. The molecule has 0 aliphatic carbocycles. The van der Waals surface area contributed by atoms with Gasteiger partial charge < -0.3 is 14.4 Å². The van der Waals surface area contributed by atoms with Crippen LogP contribution in [0.3, 0.4) is 0 Å². The molecule has 7 rings (SSSR count). The highest BCUT2D eigenvalue weighted by Crippen LogP contribution is 2.48. The summed E-state index contributed by atoms with van der Waals surface area (Å²) in [4.78, 5) is 17.0. The van der Waals surface area contributed by atoms with Gasteiger partial charge in [-0.3, -0.25) is 9.36 Å². The number of allylic oxidation sites excluding steroid dienone is 1. The van der Waals surface area contributed by atoms with Crippen LogP contribution in [0, 0.1) is 0 Å². The fourth-order valence-electron chi connectivity index (χ4n) is 4.83. The quantitative estimate of drug-likeness (QED) is 0.380. The highest BCUT2D eigenvalue weighted by Gasteiger charge is 2.32. The van der Waals surface area contributed by atoms with Gasteiger partial charge in [-0.25, -0.2) is 0 Å². The molecule has 0 saturated carbocycles. The largest absolute Gasteiger partial charge is 0.489 e. The van der Waals surface area contributed by atoms with Crippen molar-refractivity contribution >= 4 is 62.2 Å². The summed E-state index contributed by atoms with van der Waals surface area (Å²) in [5.74, 6) is 1.56. The summed E-state index contributed by atoms with van der Waals surface area (Å²) in [7, 11) is 0. The van der Waals surface area contributed by atoms with Crippen molar-refractivity contribution in [2.45, 2.75) is 24.9 Å². The third-order valence-electron chi connectivity index (χ3n) is 6.43. The number of nitrogens with zero attached hydrogens (tertiary/aromatic N) is 3. The Morgan fingerprint density at radius 1 is 1.06 bits per heavy atom. The molecule has 35 heavy (non-hydrogen) atoms. The van der Waals surface area contributed by atoms with Gasteiger partial charge in [-0.05, 0) is 25.1 Å². The second-order valence-electron chi connectivity index (χ2n) is 8.41. The van der Waals surface area contributed by atoms with Crippen LogP contribution in [0.15, 0.2) is 69.0 Å². The van der Waals surface area contributed by atoms with Crippen molar-refractivity contribution < 1.29 is 14.0 Å². The van der Waals surface area contributed by atoms with Gasteiger partial charge in [0.15, 0.2) is 12.3 Å². The Kier molecular flexibility index (Phi) is 5.04. The second kappa shape index (κ2) is 8.29. The molecule has 2 aromatic carbocycles. The summed E-state index contributed by atoms with van der Waals surface area (Å²) in [6.07, 6.45) is 1.92. The van der Waals surface area contributed by atoms with Crippen molar-refractivity contribution in [3.05, 3.63) is 83.9 Å². The smallest absolute Gasteiger partial charge is 0.308 e. The summed E-state index contributed by atoms with van der Waals surface area (Å²) in [6, 6.07) is 16.8. The molecule has 5 heterocycles. The molecule has 2 aromatic heterocycles. The number of hydrogen-bond donors (Lipinski definition) is 0. The van der Waals surface area contributed by atoms with Gasteiger partial charge in [-0.15, -0.1) is 11.3 Å². The van der Waals surface area contributed by atoms with E-state index < -0.39 is 0 Å². The first-order chi connectivity index (χ1) is 17.2. The fraction of sp³-hybridized carbons (Fsp3) is 0.231. The van der Waals surface area contributed by atoms with E-state index in [0.717, 1.165) is 39.3 Å². The second-order valence-corrected chi connectivity index (χ2v) is 11.5. The minimum Gasteiger partial charge on any atom is -0.489 e. The minimum atomic E-state index is -0.00355. The van der Waals surface area contributed by atoms with Crippen molar-refractivity contribution in [1.82, 2.24) is 4.57 Å². The van der Waals surface area contributed by atoms with E-state index >= 15 is 0 Å². The van der Waals surface area contributed by atoms with Crippen molar-refractivity contribution in [1.29, 1.82) is 0 Å². The van der Waals surface area contributed by atoms with Gasteiger partial charge >= 0.3 is 5.01 Å². The molecular weight excluding hydrogens is 499 g/mol. The third-order valence-corrected chi connectivity index (χ3v) is 9.89. The summed E-state index contributed by atoms with van der Waals surface area (Å²) in [5.41, 5.74) is 2.42. The van der Waals surface area contributed by atoms with Crippen molar-refractivity contribution in [3.8, 4) is 0 Å². The van der Waals surface area contributed by atoms with E-state index in [1.54, 1.807) is 23.1 Å². The van der Waals surface area contributed by atoms with E-state index in [1.165, 1.54) is 32.1 Å². The molecule has 0 atom stereocenters. The molecule has 3 aliphatic rings. The minimum absolute atomic E-state index is 0.00355. The molecule has 3 aliphatic heterocycles. The van der Waals surface area contributed by atoms with Crippen LogP contribution in [-0.2, 0) is 22.6 Å². The van der Waals surface area contributed by atoms with Crippen LogP contribution >= 0.6 is 34.4 Å². The number of benzene rings is 2. The maximum Gasteiger partial charge on any atom is 0.308 e. The Morgan fingerprint density at radius 3 is 2.83 bits per heavy atom. The molecule has 6 nitrogen and oxygen atoms in total. The topological polar surface area (TPSA) is 47.6 Å². The van der Waals surface area contributed by atoms with Crippen LogP contribution in [0.2, 0.25) is 0 Å². The van der Waals surface area contributed by atoms with E-state index in [1.807, 2.05) is 17.6 Å². The van der Waals surface area contributed by atoms with Crippen molar-refractivity contribution in [2.75, 3.05) is 24.7 Å². The predicted octanol–water partition coefficient (Wildman–Crippen LogP) is 3.21. The number of hydrogen-bond acceptors (Lipinski definition) is 7. The number of ether oxygens (including phenoxy) is 2. The molecule has 0 radical (unpaired) electrons. The lowest BCUT2D eigenvalue weighted by molar-refractivity contribution is -0.677. The van der Waals surface area contributed by atoms with Gasteiger partial charge in [0.25, 0.3) is 5.56 Å². The van der Waals surface area contributed by atoms with Gasteiger partial charge in [0.05, 0.1) is 16.8 Å². The molecule has 0 fully saturated rings. The molecule has 0 unspecified atom stereocenters. The molecule has 9 heteroatoms. The lowest BCUT2D eigenvalue weighted by Crippen LogP contribution is -2.44. The average Bonchev–Trinajstić information content (AvgIpc) is 3.56. The molecular formula is C26H22N3O3S3+. The van der Waals surface area contributed by atoms with Gasteiger partial charge in [0.2, 0.25) is 11.3 Å². The first kappa shape index (κ1) is 21.3. The Morgan fingerprint density at radius 2 is 1.91 bits per heavy atom. The average molecular weight is 521 g/mol. The van der Waals surface area contributed by atoms with E-state index in [0.29, 0.717) is 24.3 Å². The molecule has 4 aromatic rings. The lowest BCUT2D eigenvalue weighted by Gasteiger charge is -2.27. The van der Waals surface area contributed by atoms with Crippen LogP contribution in [0.5, 0.6) is 0 Å². The number of fused-ring (bicyclic) bond motifs is 6. The predicted molar refractivity (Wildman–Crippen MR) is 141 cm³/mol. The molecule has 0 amide bonds. The zero-order valence-corrected chi connectivity index (χ0v) is 21.5. The number of para-hydroxylation sites is 2. The zero-order valence-electron chi connectivity index (χ0n) is 19.0. The number of thioether (sulfide) groups is 1. The normalized spacial score (nSPS) is 18.9. The van der Waals surface area contributed by atoms with Crippen LogP contribution in [0.1, 0.15) is 11.9 Å². The first-order valence-electron chi connectivity index (χ1n) is 11.6. The van der Waals surface area contributed by atoms with E-state index in [4.69, 9.17) is 9.47 Å². The van der Waals surface area contributed by atoms with E-state index in [-0.39, 0.29) is 5.56 Å². The number of aromatic nitrogens is 2. The van der Waals surface area contributed by atoms with E-state index in [2.05, 4.69) is 58.0 Å². The number of rotatable bonds is 2. The highest BCUT2D eigenvalue weighted by atomic mass is 32.2. The lowest BCUT2D eigenvalue weighted by atomic mass is 10.3. The molecule has 0 spiro atoms. The van der Waals surface area contributed by atoms with Crippen LogP contribution in [0.25, 0.3) is 22.1 Å². The monoisotopic (exact) mass is 520 g/mol. The maximum atomic E-state index is 13.5. The zero-order chi connectivity index (χ0) is 23.5. The number of thiazole rings is 2. The standard InChI is InChI=1S/C26H22N3O3S3/c1-2-27-23(30)21(15-18-24-28(11-13-31-18)16-7-3-5-9-19(16)33-24)35-25(27)22-26-29(12-14-32-22)17-8-4-6-10-20(17)34-26/h3-10,15H,2,11-14H2,1H3/q+1. The first-order valence-corrected chi connectivity index (χ1v) is 14.1. The number of anilines is 1. The maximum absolute atomic E-state index is 13.5. The Bertz CT molecular complexity index is 1710. The van der Waals surface area contributed by atoms with Gasteiger partial charge in [-0.1, -0.05) is 47.4 Å². The van der Waals surface area contributed by atoms with Crippen LogP contribution in [0.4, 0.5) is 5.69 Å². The van der Waals surface area contributed by atoms with Gasteiger partial charge in [0.1, 0.15) is 27.6 Å². The van der Waals surface area contributed by atoms with Crippen LogP contribution < -0.4 is 24.2 Å². The summed E-state index contributed by atoms with van der Waals surface area (Å²) in [5, 5.41) is 2.12. The molecule has 176 valence electrons. The Hall–Kier alpha value is -3.01. The molecule has 0 bridgehead atoms. The summed E-state index contributed by atoms with van der Waals surface area (Å²) >= 11 is 4.91. The Labute approximate surface area is 213 Å². The van der Waals surface area contributed by atoms with Gasteiger partial charge in [-0.2, -0.15) is 4.57 Å². The van der Waals surface area contributed by atoms with E-state index in [9.17, 15) is 4.79 Å². The highest BCUT2D eigenvalue weighted by molar-refractivity contribution is 8.03. The van der Waals surface area contributed by atoms with Crippen LogP contribution in [-0.4, -0.2) is 24.3 Å². The SMILES string of the molecule is CCn1c(=C2OCC[n+]3c2sc2ccccc23)sc(=CC2=C3Sc4ccccc4N3CCO2)c1=O. The summed E-state index contributed by atoms with van der Waals surface area (Å²) < 4.78 is 19.2. The summed E-state index contributed by atoms with van der Waals surface area (Å²) in [6.45, 7) is 5.38.